The van der Waals surface area contributed by atoms with Crippen molar-refractivity contribution in [2.75, 3.05) is 6.26 Å². The Morgan fingerprint density at radius 3 is 2.33 bits per heavy atom. The second-order valence-corrected chi connectivity index (χ2v) is 7.18. The van der Waals surface area contributed by atoms with Gasteiger partial charge >= 0.3 is 5.97 Å². The molecule has 0 aliphatic carbocycles. The van der Waals surface area contributed by atoms with Crippen LogP contribution in [0.25, 0.3) is 0 Å². The van der Waals surface area contributed by atoms with Crippen LogP contribution in [0.15, 0.2) is 23.1 Å². The van der Waals surface area contributed by atoms with Crippen LogP contribution >= 0.6 is 0 Å². The van der Waals surface area contributed by atoms with Gasteiger partial charge in [0.05, 0.1) is 4.90 Å². The van der Waals surface area contributed by atoms with Crippen LogP contribution in [0.4, 0.5) is 0 Å². The summed E-state index contributed by atoms with van der Waals surface area (Å²) in [6.45, 7) is 4.68. The molecule has 1 atom stereocenters. The van der Waals surface area contributed by atoms with Gasteiger partial charge in [0.15, 0.2) is 9.84 Å². The second-order valence-electron chi connectivity index (χ2n) is 5.20. The zero-order valence-corrected chi connectivity index (χ0v) is 13.2. The normalized spacial score (nSPS) is 14.3. The number of carboxylic acids is 1. The number of carbonyl (C=O) groups is 2. The van der Waals surface area contributed by atoms with Crippen LogP contribution < -0.4 is 5.32 Å². The maximum absolute atomic E-state index is 12.1. The third kappa shape index (κ3) is 3.81. The first-order valence-corrected chi connectivity index (χ1v) is 8.27. The predicted octanol–water partition coefficient (Wildman–Crippen LogP) is 1.38. The van der Waals surface area contributed by atoms with E-state index in [0.717, 1.165) is 6.26 Å². The standard InChI is InChI=1S/C14H19NO5S/c1-5-14(3,13(17)18)15-12(16)10-7-6-9(2)11(8-10)21(4,19)20/h6-8H,5H2,1-4H3,(H,15,16)(H,17,18). The first-order chi connectivity index (χ1) is 9.51. The largest absolute Gasteiger partial charge is 0.480 e. The molecule has 0 heterocycles. The molecule has 0 spiro atoms. The average molecular weight is 313 g/mol. The number of sulfone groups is 1. The Morgan fingerprint density at radius 2 is 1.90 bits per heavy atom. The molecule has 0 bridgehead atoms. The molecule has 0 fully saturated rings. The maximum Gasteiger partial charge on any atom is 0.329 e. The lowest BCUT2D eigenvalue weighted by molar-refractivity contribution is -0.143. The highest BCUT2D eigenvalue weighted by Crippen LogP contribution is 2.18. The molecule has 2 N–H and O–H groups in total. The highest BCUT2D eigenvalue weighted by Gasteiger charge is 2.33. The molecule has 7 heteroatoms. The zero-order valence-electron chi connectivity index (χ0n) is 12.4. The van der Waals surface area contributed by atoms with Crippen molar-refractivity contribution in [1.82, 2.24) is 5.32 Å². The Labute approximate surface area is 124 Å². The van der Waals surface area contributed by atoms with Gasteiger partial charge in [0.2, 0.25) is 0 Å². The minimum Gasteiger partial charge on any atom is -0.480 e. The van der Waals surface area contributed by atoms with E-state index in [-0.39, 0.29) is 16.9 Å². The molecule has 0 aromatic heterocycles. The van der Waals surface area contributed by atoms with Gasteiger partial charge in [-0.05, 0) is 38.0 Å². The molecule has 0 aliphatic rings. The van der Waals surface area contributed by atoms with E-state index < -0.39 is 27.3 Å². The second kappa shape index (κ2) is 5.85. The van der Waals surface area contributed by atoms with Crippen molar-refractivity contribution in [1.29, 1.82) is 0 Å². The fraction of sp³-hybridized carbons (Fsp3) is 0.429. The van der Waals surface area contributed by atoms with E-state index in [0.29, 0.717) is 5.56 Å². The number of carbonyl (C=O) groups excluding carboxylic acids is 1. The molecule has 0 saturated carbocycles. The summed E-state index contributed by atoms with van der Waals surface area (Å²) in [4.78, 5) is 23.4. The van der Waals surface area contributed by atoms with E-state index >= 15 is 0 Å². The first-order valence-electron chi connectivity index (χ1n) is 6.38. The van der Waals surface area contributed by atoms with Crippen molar-refractivity contribution in [3.8, 4) is 0 Å². The number of hydrogen-bond donors (Lipinski definition) is 2. The summed E-state index contributed by atoms with van der Waals surface area (Å²) in [7, 11) is -3.45. The minimum atomic E-state index is -3.45. The van der Waals surface area contributed by atoms with Crippen LogP contribution in [0, 0.1) is 6.92 Å². The van der Waals surface area contributed by atoms with Crippen LogP contribution in [0.1, 0.15) is 36.2 Å². The summed E-state index contributed by atoms with van der Waals surface area (Å²) >= 11 is 0. The third-order valence-corrected chi connectivity index (χ3v) is 4.66. The van der Waals surface area contributed by atoms with Crippen molar-refractivity contribution in [2.24, 2.45) is 0 Å². The van der Waals surface area contributed by atoms with Gasteiger partial charge < -0.3 is 10.4 Å². The van der Waals surface area contributed by atoms with Crippen LogP contribution in [-0.4, -0.2) is 37.2 Å². The maximum atomic E-state index is 12.1. The highest BCUT2D eigenvalue weighted by atomic mass is 32.2. The smallest absolute Gasteiger partial charge is 0.329 e. The van der Waals surface area contributed by atoms with E-state index in [4.69, 9.17) is 5.11 Å². The summed E-state index contributed by atoms with van der Waals surface area (Å²) in [5, 5.41) is 11.6. The SMILES string of the molecule is CCC(C)(NC(=O)c1ccc(C)c(S(C)(=O)=O)c1)C(=O)O. The molecule has 21 heavy (non-hydrogen) atoms. The molecule has 1 amide bonds. The van der Waals surface area contributed by atoms with Gasteiger partial charge in [-0.25, -0.2) is 13.2 Å². The summed E-state index contributed by atoms with van der Waals surface area (Å²) in [5.41, 5.74) is -0.750. The fourth-order valence-electron chi connectivity index (χ4n) is 1.76. The van der Waals surface area contributed by atoms with Gasteiger partial charge in [0.1, 0.15) is 5.54 Å². The minimum absolute atomic E-state index is 0.0590. The topological polar surface area (TPSA) is 101 Å². The Morgan fingerprint density at radius 1 is 1.33 bits per heavy atom. The predicted molar refractivity (Wildman–Crippen MR) is 78.1 cm³/mol. The van der Waals surface area contributed by atoms with E-state index in [2.05, 4.69) is 5.32 Å². The third-order valence-electron chi connectivity index (χ3n) is 3.42. The van der Waals surface area contributed by atoms with Gasteiger partial charge in [0, 0.05) is 11.8 Å². The Balaban J connectivity index is 3.19. The lowest BCUT2D eigenvalue weighted by atomic mass is 9.98. The molecule has 1 rings (SSSR count). The molecule has 0 radical (unpaired) electrons. The Kier molecular flexibility index (Phi) is 4.78. The number of carboxylic acid groups (broad SMARTS) is 1. The van der Waals surface area contributed by atoms with E-state index in [1.165, 1.54) is 25.1 Å². The fourth-order valence-corrected chi connectivity index (χ4v) is 2.75. The number of hydrogen-bond acceptors (Lipinski definition) is 4. The van der Waals surface area contributed by atoms with Crippen molar-refractivity contribution in [3.05, 3.63) is 29.3 Å². The molecule has 1 aromatic rings. The van der Waals surface area contributed by atoms with Crippen LogP contribution in [0.5, 0.6) is 0 Å². The number of rotatable bonds is 5. The Hall–Kier alpha value is -1.89. The molecule has 0 saturated heterocycles. The van der Waals surface area contributed by atoms with Gasteiger partial charge in [-0.1, -0.05) is 13.0 Å². The zero-order chi connectivity index (χ0) is 16.4. The van der Waals surface area contributed by atoms with Crippen molar-refractivity contribution < 1.29 is 23.1 Å². The number of benzene rings is 1. The molecule has 1 aromatic carbocycles. The van der Waals surface area contributed by atoms with Gasteiger partial charge in [-0.3, -0.25) is 4.79 Å². The summed E-state index contributed by atoms with van der Waals surface area (Å²) in [6.07, 6.45) is 1.27. The van der Waals surface area contributed by atoms with E-state index in [1.807, 2.05) is 0 Å². The Bertz CT molecular complexity index is 681. The van der Waals surface area contributed by atoms with E-state index in [9.17, 15) is 18.0 Å². The number of aryl methyl sites for hydroxylation is 1. The average Bonchev–Trinajstić information content (AvgIpc) is 2.37. The quantitative estimate of drug-likeness (QED) is 0.855. The van der Waals surface area contributed by atoms with Crippen molar-refractivity contribution in [3.63, 3.8) is 0 Å². The lowest BCUT2D eigenvalue weighted by Crippen LogP contribution is -2.51. The molecule has 1 unspecified atom stereocenters. The van der Waals surface area contributed by atoms with Crippen LogP contribution in [0.2, 0.25) is 0 Å². The molecule has 0 aliphatic heterocycles. The first kappa shape index (κ1) is 17.2. The van der Waals surface area contributed by atoms with Crippen molar-refractivity contribution in [2.45, 2.75) is 37.6 Å². The van der Waals surface area contributed by atoms with Crippen molar-refractivity contribution >= 4 is 21.7 Å². The van der Waals surface area contributed by atoms with Gasteiger partial charge in [-0.15, -0.1) is 0 Å². The highest BCUT2D eigenvalue weighted by molar-refractivity contribution is 7.90. The van der Waals surface area contributed by atoms with E-state index in [1.54, 1.807) is 13.8 Å². The molecule has 116 valence electrons. The number of amides is 1. The number of aliphatic carboxylic acids is 1. The summed E-state index contributed by atoms with van der Waals surface area (Å²) in [5.74, 6) is -1.76. The van der Waals surface area contributed by atoms with Gasteiger partial charge in [0.25, 0.3) is 5.91 Å². The van der Waals surface area contributed by atoms with Crippen LogP contribution in [0.3, 0.4) is 0 Å². The number of nitrogens with one attached hydrogen (secondary N) is 1. The lowest BCUT2D eigenvalue weighted by Gasteiger charge is -2.24. The molecule has 6 nitrogen and oxygen atoms in total. The summed E-state index contributed by atoms with van der Waals surface area (Å²) in [6, 6.07) is 4.25. The monoisotopic (exact) mass is 313 g/mol. The van der Waals surface area contributed by atoms with Crippen LogP contribution in [-0.2, 0) is 14.6 Å². The summed E-state index contributed by atoms with van der Waals surface area (Å²) < 4.78 is 23.3. The van der Waals surface area contributed by atoms with Gasteiger partial charge in [-0.2, -0.15) is 0 Å². The molecular formula is C14H19NO5S. The molecular weight excluding hydrogens is 294 g/mol.